The van der Waals surface area contributed by atoms with Gasteiger partial charge in [0, 0.05) is 30.0 Å². The molecule has 0 bridgehead atoms. The van der Waals surface area contributed by atoms with E-state index in [0.29, 0.717) is 18.1 Å². The maximum atomic E-state index is 12.2. The van der Waals surface area contributed by atoms with Crippen molar-refractivity contribution >= 4 is 29.0 Å². The molecule has 1 fully saturated rings. The lowest BCUT2D eigenvalue weighted by Gasteiger charge is -2.35. The number of piperazine rings is 1. The Morgan fingerprint density at radius 2 is 2.30 bits per heavy atom. The summed E-state index contributed by atoms with van der Waals surface area (Å²) in [5.41, 5.74) is 1.70. The summed E-state index contributed by atoms with van der Waals surface area (Å²) >= 11 is 7.55. The molecule has 0 aliphatic carbocycles. The van der Waals surface area contributed by atoms with Crippen molar-refractivity contribution in [1.82, 2.24) is 19.8 Å². The summed E-state index contributed by atoms with van der Waals surface area (Å²) in [6.07, 6.45) is 0. The van der Waals surface area contributed by atoms with E-state index in [1.807, 2.05) is 23.6 Å². The number of carbonyl (C=O) groups excluding carboxylic acids is 1. The smallest absolute Gasteiger partial charge is 0.242 e. The van der Waals surface area contributed by atoms with Gasteiger partial charge < -0.3 is 5.32 Å². The van der Waals surface area contributed by atoms with Crippen molar-refractivity contribution in [3.63, 3.8) is 0 Å². The summed E-state index contributed by atoms with van der Waals surface area (Å²) in [7, 11) is 0. The van der Waals surface area contributed by atoms with Gasteiger partial charge in [-0.2, -0.15) is 0 Å². The van der Waals surface area contributed by atoms with Crippen molar-refractivity contribution in [1.29, 1.82) is 0 Å². The second kappa shape index (κ2) is 5.87. The van der Waals surface area contributed by atoms with Crippen LogP contribution < -0.4 is 5.32 Å². The molecular weight excluding hydrogens is 296 g/mol. The van der Waals surface area contributed by atoms with Gasteiger partial charge in [-0.1, -0.05) is 34.3 Å². The van der Waals surface area contributed by atoms with Crippen LogP contribution in [0, 0.1) is 0 Å². The highest BCUT2D eigenvalue weighted by Crippen LogP contribution is 2.30. The van der Waals surface area contributed by atoms with Crippen molar-refractivity contribution in [2.24, 2.45) is 0 Å². The molecule has 104 valence electrons. The molecule has 0 saturated carbocycles. The van der Waals surface area contributed by atoms with Crippen LogP contribution in [0.25, 0.3) is 0 Å². The predicted molar refractivity (Wildman–Crippen MR) is 77.5 cm³/mol. The van der Waals surface area contributed by atoms with Crippen molar-refractivity contribution < 1.29 is 4.79 Å². The molecule has 2 heterocycles. The van der Waals surface area contributed by atoms with Crippen LogP contribution in [0.4, 0.5) is 0 Å². The normalized spacial score (nSPS) is 19.9. The van der Waals surface area contributed by atoms with Gasteiger partial charge in [-0.05, 0) is 23.2 Å². The van der Waals surface area contributed by atoms with Crippen molar-refractivity contribution in [3.05, 3.63) is 45.9 Å². The first-order valence-corrected chi connectivity index (χ1v) is 7.49. The number of carbonyl (C=O) groups is 1. The Morgan fingerprint density at radius 3 is 3.05 bits per heavy atom. The van der Waals surface area contributed by atoms with Crippen LogP contribution in [-0.4, -0.2) is 33.5 Å². The highest BCUT2D eigenvalue weighted by atomic mass is 35.5. The molecule has 1 amide bonds. The van der Waals surface area contributed by atoms with Gasteiger partial charge in [-0.25, -0.2) is 0 Å². The molecule has 7 heteroatoms. The lowest BCUT2D eigenvalue weighted by molar-refractivity contribution is -0.129. The summed E-state index contributed by atoms with van der Waals surface area (Å²) in [5, 5.41) is 9.45. The number of nitrogens with one attached hydrogen (secondary N) is 1. The predicted octanol–water partition coefficient (Wildman–Crippen LogP) is 1.86. The number of hydrogen-bond donors (Lipinski definition) is 1. The molecular formula is C13H13ClN4OS. The topological polar surface area (TPSA) is 58.1 Å². The number of benzene rings is 1. The van der Waals surface area contributed by atoms with Gasteiger partial charge in [-0.3, -0.25) is 9.69 Å². The van der Waals surface area contributed by atoms with Gasteiger partial charge in [0.05, 0.1) is 5.69 Å². The Balaban J connectivity index is 1.91. The molecule has 20 heavy (non-hydrogen) atoms. The zero-order valence-electron chi connectivity index (χ0n) is 10.6. The highest BCUT2D eigenvalue weighted by Gasteiger charge is 2.32. The molecule has 1 aliphatic heterocycles. The molecule has 1 aliphatic rings. The van der Waals surface area contributed by atoms with E-state index in [-0.39, 0.29) is 11.9 Å². The van der Waals surface area contributed by atoms with E-state index in [0.717, 1.165) is 17.8 Å². The van der Waals surface area contributed by atoms with Crippen LogP contribution in [0.1, 0.15) is 17.3 Å². The second-order valence-electron chi connectivity index (χ2n) is 4.58. The molecule has 1 atom stereocenters. The Kier molecular flexibility index (Phi) is 3.95. The standard InChI is InChI=1S/C13H13ClN4OS/c14-11-4-2-1-3-10(11)12-13(19)15-5-6-18(12)7-9-8-20-17-16-9/h1-4,8,12H,5-7H2,(H,15,19)/t12-/m0/s1. The maximum Gasteiger partial charge on any atom is 0.242 e. The molecule has 1 saturated heterocycles. The lowest BCUT2D eigenvalue weighted by atomic mass is 10.0. The zero-order valence-corrected chi connectivity index (χ0v) is 12.2. The number of nitrogens with zero attached hydrogens (tertiary/aromatic N) is 3. The summed E-state index contributed by atoms with van der Waals surface area (Å²) < 4.78 is 3.86. The van der Waals surface area contributed by atoms with Gasteiger partial charge in [0.25, 0.3) is 0 Å². The fourth-order valence-electron chi connectivity index (χ4n) is 2.38. The Bertz CT molecular complexity index is 604. The molecule has 2 aromatic rings. The van der Waals surface area contributed by atoms with E-state index in [1.54, 1.807) is 6.07 Å². The molecule has 5 nitrogen and oxygen atoms in total. The molecule has 0 radical (unpaired) electrons. The number of amides is 1. The summed E-state index contributed by atoms with van der Waals surface area (Å²) in [6.45, 7) is 2.00. The van der Waals surface area contributed by atoms with Crippen LogP contribution in [-0.2, 0) is 11.3 Å². The minimum Gasteiger partial charge on any atom is -0.353 e. The van der Waals surface area contributed by atoms with Gasteiger partial charge >= 0.3 is 0 Å². The lowest BCUT2D eigenvalue weighted by Crippen LogP contribution is -2.49. The van der Waals surface area contributed by atoms with Crippen LogP contribution in [0.2, 0.25) is 5.02 Å². The molecule has 1 N–H and O–H groups in total. The largest absolute Gasteiger partial charge is 0.353 e. The quantitative estimate of drug-likeness (QED) is 0.940. The zero-order chi connectivity index (χ0) is 13.9. The average Bonchev–Trinajstić information content (AvgIpc) is 2.93. The van der Waals surface area contributed by atoms with Crippen molar-refractivity contribution in [3.8, 4) is 0 Å². The maximum absolute atomic E-state index is 12.2. The third-order valence-corrected chi connectivity index (χ3v) is 4.18. The highest BCUT2D eigenvalue weighted by molar-refractivity contribution is 7.03. The Labute approximate surface area is 125 Å². The van der Waals surface area contributed by atoms with E-state index >= 15 is 0 Å². The summed E-state index contributed by atoms with van der Waals surface area (Å²) in [4.78, 5) is 14.3. The third kappa shape index (κ3) is 2.67. The molecule has 1 aromatic heterocycles. The van der Waals surface area contributed by atoms with Gasteiger partial charge in [-0.15, -0.1) is 5.10 Å². The molecule has 0 spiro atoms. The van der Waals surface area contributed by atoms with Crippen molar-refractivity contribution in [2.75, 3.05) is 13.1 Å². The minimum absolute atomic E-state index is 0.0208. The van der Waals surface area contributed by atoms with E-state index in [1.165, 1.54) is 11.5 Å². The average molecular weight is 309 g/mol. The number of hydrogen-bond acceptors (Lipinski definition) is 5. The van der Waals surface area contributed by atoms with E-state index < -0.39 is 0 Å². The Morgan fingerprint density at radius 1 is 1.45 bits per heavy atom. The van der Waals surface area contributed by atoms with Crippen LogP contribution in [0.3, 0.4) is 0 Å². The molecule has 0 unspecified atom stereocenters. The number of aromatic nitrogens is 2. The Hall–Kier alpha value is -1.50. The van der Waals surface area contributed by atoms with Gasteiger partial charge in [0.15, 0.2) is 0 Å². The van der Waals surface area contributed by atoms with Gasteiger partial charge in [0.1, 0.15) is 6.04 Å². The van der Waals surface area contributed by atoms with E-state index in [2.05, 4.69) is 19.8 Å². The first-order valence-electron chi connectivity index (χ1n) is 6.28. The van der Waals surface area contributed by atoms with E-state index in [4.69, 9.17) is 11.6 Å². The van der Waals surface area contributed by atoms with Gasteiger partial charge in [0.2, 0.25) is 5.91 Å². The van der Waals surface area contributed by atoms with E-state index in [9.17, 15) is 4.79 Å². The SMILES string of the molecule is O=C1NCCN(Cc2csnn2)[C@H]1c1ccccc1Cl. The van der Waals surface area contributed by atoms with Crippen LogP contribution >= 0.6 is 23.1 Å². The molecule has 3 rings (SSSR count). The minimum atomic E-state index is -0.376. The summed E-state index contributed by atoms with van der Waals surface area (Å²) in [5.74, 6) is -0.0208. The number of rotatable bonds is 3. The molecule has 1 aromatic carbocycles. The van der Waals surface area contributed by atoms with Crippen LogP contribution in [0.5, 0.6) is 0 Å². The van der Waals surface area contributed by atoms with Crippen molar-refractivity contribution in [2.45, 2.75) is 12.6 Å². The number of halogens is 1. The first kappa shape index (κ1) is 13.5. The summed E-state index contributed by atoms with van der Waals surface area (Å²) in [6, 6.07) is 7.08. The fraction of sp³-hybridized carbons (Fsp3) is 0.308. The third-order valence-electron chi connectivity index (χ3n) is 3.28. The monoisotopic (exact) mass is 308 g/mol. The van der Waals surface area contributed by atoms with Crippen LogP contribution in [0.15, 0.2) is 29.6 Å². The second-order valence-corrected chi connectivity index (χ2v) is 5.60. The fourth-order valence-corrected chi connectivity index (χ4v) is 3.06. The first-order chi connectivity index (χ1) is 9.75.